The van der Waals surface area contributed by atoms with Crippen molar-refractivity contribution in [2.75, 3.05) is 4.90 Å². The first-order valence-corrected chi connectivity index (χ1v) is 10.4. The monoisotopic (exact) mass is 455 g/mol. The predicted octanol–water partition coefficient (Wildman–Crippen LogP) is 3.59. The van der Waals surface area contributed by atoms with Crippen molar-refractivity contribution in [1.29, 1.82) is 0 Å². The molecule has 0 atom stereocenters. The van der Waals surface area contributed by atoms with Crippen molar-refractivity contribution in [2.24, 2.45) is 7.05 Å². The van der Waals surface area contributed by atoms with Crippen LogP contribution in [-0.2, 0) is 16.6 Å². The van der Waals surface area contributed by atoms with E-state index in [9.17, 15) is 9.59 Å². The summed E-state index contributed by atoms with van der Waals surface area (Å²) in [5.41, 5.74) is 2.65. The summed E-state index contributed by atoms with van der Waals surface area (Å²) in [6.07, 6.45) is 1.52. The number of carbonyl (C=O) groups excluding carboxylic acids is 2. The van der Waals surface area contributed by atoms with E-state index in [-0.39, 0.29) is 10.7 Å². The van der Waals surface area contributed by atoms with Crippen LogP contribution in [0.25, 0.3) is 17.1 Å². The van der Waals surface area contributed by atoms with Gasteiger partial charge in [0.1, 0.15) is 22.6 Å². The lowest BCUT2D eigenvalue weighted by Gasteiger charge is -2.29. The summed E-state index contributed by atoms with van der Waals surface area (Å²) >= 11 is 5.28. The lowest BCUT2D eigenvalue weighted by atomic mass is 10.1. The fraction of sp³-hybridized carbons (Fsp3) is 0.0417. The van der Waals surface area contributed by atoms with Gasteiger partial charge in [0.25, 0.3) is 11.8 Å². The van der Waals surface area contributed by atoms with Crippen molar-refractivity contribution in [2.45, 2.75) is 0 Å². The number of fused-ring (bicyclic) bond motifs is 1. The van der Waals surface area contributed by atoms with Crippen molar-refractivity contribution in [3.05, 3.63) is 83.9 Å². The third-order valence-electron chi connectivity index (χ3n) is 5.12. The van der Waals surface area contributed by atoms with Gasteiger partial charge in [-0.2, -0.15) is 0 Å². The van der Waals surface area contributed by atoms with Crippen molar-refractivity contribution < 1.29 is 14.3 Å². The Labute approximate surface area is 194 Å². The lowest BCUT2D eigenvalue weighted by molar-refractivity contribution is -0.122. The van der Waals surface area contributed by atoms with Crippen molar-refractivity contribution in [3.8, 4) is 11.5 Å². The Morgan fingerprint density at radius 3 is 2.45 bits per heavy atom. The van der Waals surface area contributed by atoms with E-state index in [0.717, 1.165) is 5.52 Å². The van der Waals surface area contributed by atoms with Gasteiger partial charge in [-0.1, -0.05) is 29.5 Å². The van der Waals surface area contributed by atoms with E-state index in [1.54, 1.807) is 48.1 Å². The van der Waals surface area contributed by atoms with Crippen LogP contribution >= 0.6 is 12.2 Å². The molecule has 8 nitrogen and oxygen atoms in total. The third-order valence-corrected chi connectivity index (χ3v) is 5.41. The van der Waals surface area contributed by atoms with E-state index in [2.05, 4.69) is 15.6 Å². The molecule has 1 N–H and O–H groups in total. The second-order valence-corrected chi connectivity index (χ2v) is 7.71. The van der Waals surface area contributed by atoms with E-state index in [0.29, 0.717) is 28.3 Å². The van der Waals surface area contributed by atoms with Crippen LogP contribution in [0.3, 0.4) is 0 Å². The molecule has 1 aliphatic rings. The number of anilines is 1. The maximum atomic E-state index is 13.2. The lowest BCUT2D eigenvalue weighted by Crippen LogP contribution is -2.54. The molecule has 0 saturated carbocycles. The number of carbonyl (C=O) groups is 2. The minimum absolute atomic E-state index is 0.0169. The molecule has 0 radical (unpaired) electrons. The Balaban J connectivity index is 1.43. The Hall–Kier alpha value is -4.37. The Bertz CT molecular complexity index is 1430. The largest absolute Gasteiger partial charge is 0.457 e. The predicted molar refractivity (Wildman–Crippen MR) is 128 cm³/mol. The number of aromatic nitrogens is 3. The molecule has 5 rings (SSSR count). The Kier molecular flexibility index (Phi) is 5.15. The molecule has 4 aromatic rings. The average molecular weight is 455 g/mol. The first-order valence-electron chi connectivity index (χ1n) is 10.0. The number of para-hydroxylation sites is 1. The number of thiocarbonyl (C=S) groups is 1. The highest BCUT2D eigenvalue weighted by Gasteiger charge is 2.34. The van der Waals surface area contributed by atoms with Crippen LogP contribution in [0.15, 0.2) is 78.4 Å². The second-order valence-electron chi connectivity index (χ2n) is 7.33. The summed E-state index contributed by atoms with van der Waals surface area (Å²) in [6, 6.07) is 21.7. The Morgan fingerprint density at radius 1 is 0.970 bits per heavy atom. The SMILES string of the molecule is Cn1nnc2cc(C=C3C(=O)NC(=S)N(c4ccc(Oc5ccccc5)cc4)C3=O)ccc21. The average Bonchev–Trinajstić information content (AvgIpc) is 3.18. The van der Waals surface area contributed by atoms with E-state index < -0.39 is 11.8 Å². The maximum absolute atomic E-state index is 13.2. The van der Waals surface area contributed by atoms with Gasteiger partial charge >= 0.3 is 0 Å². The minimum atomic E-state index is -0.551. The zero-order chi connectivity index (χ0) is 22.9. The minimum Gasteiger partial charge on any atom is -0.457 e. The molecule has 2 amide bonds. The summed E-state index contributed by atoms with van der Waals surface area (Å²) in [7, 11) is 1.79. The van der Waals surface area contributed by atoms with Gasteiger partial charge in [0, 0.05) is 7.05 Å². The molecular weight excluding hydrogens is 438 g/mol. The molecule has 1 aliphatic heterocycles. The summed E-state index contributed by atoms with van der Waals surface area (Å²) in [6.45, 7) is 0. The molecule has 9 heteroatoms. The molecular formula is C24H17N5O3S. The number of rotatable bonds is 4. The molecule has 1 fully saturated rings. The second kappa shape index (κ2) is 8.29. The highest BCUT2D eigenvalue weighted by molar-refractivity contribution is 7.80. The summed E-state index contributed by atoms with van der Waals surface area (Å²) < 4.78 is 7.45. The number of nitrogens with one attached hydrogen (secondary N) is 1. The number of hydrogen-bond donors (Lipinski definition) is 1. The smallest absolute Gasteiger partial charge is 0.270 e. The van der Waals surface area contributed by atoms with Crippen LogP contribution in [0.1, 0.15) is 5.56 Å². The first-order chi connectivity index (χ1) is 16.0. The van der Waals surface area contributed by atoms with Crippen molar-refractivity contribution in [1.82, 2.24) is 20.3 Å². The van der Waals surface area contributed by atoms with Crippen LogP contribution in [0.4, 0.5) is 5.69 Å². The van der Waals surface area contributed by atoms with Gasteiger partial charge in [0.15, 0.2) is 5.11 Å². The molecule has 33 heavy (non-hydrogen) atoms. The van der Waals surface area contributed by atoms with Crippen molar-refractivity contribution >= 4 is 51.9 Å². The van der Waals surface area contributed by atoms with E-state index >= 15 is 0 Å². The van der Waals surface area contributed by atoms with Gasteiger partial charge in [0.05, 0.1) is 11.2 Å². The van der Waals surface area contributed by atoms with Crippen LogP contribution in [0.5, 0.6) is 11.5 Å². The Morgan fingerprint density at radius 2 is 1.70 bits per heavy atom. The molecule has 1 saturated heterocycles. The van der Waals surface area contributed by atoms with Gasteiger partial charge < -0.3 is 4.74 Å². The molecule has 3 aromatic carbocycles. The normalized spacial score (nSPS) is 15.2. The van der Waals surface area contributed by atoms with Crippen LogP contribution in [0.2, 0.25) is 0 Å². The van der Waals surface area contributed by atoms with Crippen LogP contribution in [-0.4, -0.2) is 31.9 Å². The fourth-order valence-corrected chi connectivity index (χ4v) is 3.77. The van der Waals surface area contributed by atoms with Crippen LogP contribution < -0.4 is 15.0 Å². The quantitative estimate of drug-likeness (QED) is 0.287. The van der Waals surface area contributed by atoms with E-state index in [4.69, 9.17) is 17.0 Å². The number of ether oxygens (including phenoxy) is 1. The van der Waals surface area contributed by atoms with Gasteiger partial charge in [-0.15, -0.1) is 5.10 Å². The zero-order valence-electron chi connectivity index (χ0n) is 17.4. The molecule has 1 aromatic heterocycles. The summed E-state index contributed by atoms with van der Waals surface area (Å²) in [5, 5.41) is 10.7. The molecule has 0 aliphatic carbocycles. The fourth-order valence-electron chi connectivity index (χ4n) is 3.49. The molecule has 0 bridgehead atoms. The van der Waals surface area contributed by atoms with Gasteiger partial charge in [-0.3, -0.25) is 19.8 Å². The number of amides is 2. The maximum Gasteiger partial charge on any atom is 0.270 e. The molecule has 0 unspecified atom stereocenters. The molecule has 2 heterocycles. The standard InChI is InChI=1S/C24H17N5O3S/c1-28-21-12-7-15(14-20(21)26-27-28)13-19-22(30)25-24(33)29(23(19)31)16-8-10-18(11-9-16)32-17-5-3-2-4-6-17/h2-14H,1H3,(H,25,30,33). The highest BCUT2D eigenvalue weighted by Crippen LogP contribution is 2.27. The number of hydrogen-bond acceptors (Lipinski definition) is 6. The van der Waals surface area contributed by atoms with E-state index in [1.807, 2.05) is 36.4 Å². The van der Waals surface area contributed by atoms with Gasteiger partial charge in [-0.25, -0.2) is 4.68 Å². The number of nitrogens with zero attached hydrogens (tertiary/aromatic N) is 4. The summed E-state index contributed by atoms with van der Waals surface area (Å²) in [5.74, 6) is 0.244. The highest BCUT2D eigenvalue weighted by atomic mass is 32.1. The number of aryl methyl sites for hydroxylation is 1. The van der Waals surface area contributed by atoms with Crippen molar-refractivity contribution in [3.63, 3.8) is 0 Å². The first kappa shape index (κ1) is 20.5. The van der Waals surface area contributed by atoms with Gasteiger partial charge in [-0.05, 0) is 72.4 Å². The molecule has 162 valence electrons. The zero-order valence-corrected chi connectivity index (χ0v) is 18.2. The van der Waals surface area contributed by atoms with E-state index in [1.165, 1.54) is 11.0 Å². The molecule has 0 spiro atoms. The summed E-state index contributed by atoms with van der Waals surface area (Å²) in [4.78, 5) is 27.1. The van der Waals surface area contributed by atoms with Crippen LogP contribution in [0, 0.1) is 0 Å². The number of benzene rings is 3. The topological polar surface area (TPSA) is 89.3 Å². The third kappa shape index (κ3) is 3.97. The van der Waals surface area contributed by atoms with Gasteiger partial charge in [0.2, 0.25) is 0 Å².